The van der Waals surface area contributed by atoms with Crippen molar-refractivity contribution in [2.45, 2.75) is 47.1 Å². The molecule has 1 aliphatic rings. The van der Waals surface area contributed by atoms with Gasteiger partial charge in [0.05, 0.1) is 5.54 Å². The molecule has 0 spiro atoms. The monoisotopic (exact) mass is 399 g/mol. The maximum absolute atomic E-state index is 12.7. The Morgan fingerprint density at radius 1 is 1.13 bits per heavy atom. The van der Waals surface area contributed by atoms with Gasteiger partial charge in [-0.05, 0) is 94.1 Å². The first-order valence-corrected chi connectivity index (χ1v) is 10.3. The zero-order valence-electron chi connectivity index (χ0n) is 18.6. The molecular formula is C26H29N3O. The first kappa shape index (κ1) is 21.4. The van der Waals surface area contributed by atoms with E-state index in [9.17, 15) is 10.1 Å². The normalized spacial score (nSPS) is 15.2. The molecule has 0 unspecified atom stereocenters. The average Bonchev–Trinajstić information content (AvgIpc) is 2.65. The molecule has 2 aromatic carbocycles. The summed E-state index contributed by atoms with van der Waals surface area (Å²) in [5, 5.41) is 12.4. The second-order valence-corrected chi connectivity index (χ2v) is 8.50. The number of nitrogens with one attached hydrogen (secondary N) is 1. The number of aryl methyl sites for hydroxylation is 2. The molecule has 2 aromatic rings. The Morgan fingerprint density at radius 2 is 1.80 bits per heavy atom. The number of nitriles is 1. The Labute approximate surface area is 179 Å². The standard InChI is InChI=1S/C26H29N3O/c1-7-29-24-9-8-20(14-23(24)19(4)15-26(29,5)6)13-21(16-27)25(30)28-22-11-17(2)10-18(3)12-22/h8-15H,7H2,1-6H3,(H,28,30)/b21-13-. The van der Waals surface area contributed by atoms with Gasteiger partial charge in [0.15, 0.2) is 0 Å². The van der Waals surface area contributed by atoms with Crippen LogP contribution in [0.2, 0.25) is 0 Å². The molecule has 3 rings (SSSR count). The molecule has 30 heavy (non-hydrogen) atoms. The molecule has 154 valence electrons. The summed E-state index contributed by atoms with van der Waals surface area (Å²) >= 11 is 0. The first-order chi connectivity index (χ1) is 14.1. The van der Waals surface area contributed by atoms with Crippen molar-refractivity contribution in [3.8, 4) is 6.07 Å². The summed E-state index contributed by atoms with van der Waals surface area (Å²) in [6.07, 6.45) is 3.92. The molecule has 1 amide bonds. The van der Waals surface area contributed by atoms with Crippen LogP contribution in [0.1, 0.15) is 49.9 Å². The van der Waals surface area contributed by atoms with E-state index < -0.39 is 5.91 Å². The number of likely N-dealkylation sites (N-methyl/N-ethyl adjacent to an activating group) is 1. The van der Waals surface area contributed by atoms with Gasteiger partial charge in [0.25, 0.3) is 5.91 Å². The van der Waals surface area contributed by atoms with Gasteiger partial charge in [0.2, 0.25) is 0 Å². The fourth-order valence-electron chi connectivity index (χ4n) is 4.33. The van der Waals surface area contributed by atoms with Crippen LogP contribution in [0.4, 0.5) is 11.4 Å². The number of rotatable bonds is 4. The molecule has 0 atom stereocenters. The number of fused-ring (bicyclic) bond motifs is 1. The van der Waals surface area contributed by atoms with Crippen LogP contribution in [0.3, 0.4) is 0 Å². The minimum Gasteiger partial charge on any atom is -0.363 e. The van der Waals surface area contributed by atoms with Gasteiger partial charge in [-0.25, -0.2) is 0 Å². The molecular weight excluding hydrogens is 370 g/mol. The van der Waals surface area contributed by atoms with Crippen molar-refractivity contribution in [2.75, 3.05) is 16.8 Å². The molecule has 1 heterocycles. The van der Waals surface area contributed by atoms with E-state index in [1.165, 1.54) is 11.3 Å². The number of allylic oxidation sites excluding steroid dienone is 1. The predicted octanol–water partition coefficient (Wildman–Crippen LogP) is 5.87. The highest BCUT2D eigenvalue weighted by atomic mass is 16.1. The lowest BCUT2D eigenvalue weighted by Gasteiger charge is -2.42. The van der Waals surface area contributed by atoms with E-state index in [1.54, 1.807) is 6.08 Å². The summed E-state index contributed by atoms with van der Waals surface area (Å²) in [6.45, 7) is 13.5. The summed E-state index contributed by atoms with van der Waals surface area (Å²) in [7, 11) is 0. The first-order valence-electron chi connectivity index (χ1n) is 10.3. The summed E-state index contributed by atoms with van der Waals surface area (Å²) in [5.41, 5.74) is 7.21. The molecule has 4 nitrogen and oxygen atoms in total. The Morgan fingerprint density at radius 3 is 2.40 bits per heavy atom. The van der Waals surface area contributed by atoms with Crippen LogP contribution in [-0.4, -0.2) is 18.0 Å². The number of carbonyl (C=O) groups is 1. The lowest BCUT2D eigenvalue weighted by molar-refractivity contribution is -0.112. The van der Waals surface area contributed by atoms with Gasteiger partial charge < -0.3 is 10.2 Å². The van der Waals surface area contributed by atoms with Crippen LogP contribution in [-0.2, 0) is 4.79 Å². The third-order valence-corrected chi connectivity index (χ3v) is 5.47. The van der Waals surface area contributed by atoms with E-state index in [0.717, 1.165) is 28.8 Å². The second-order valence-electron chi connectivity index (χ2n) is 8.50. The molecule has 0 aliphatic carbocycles. The van der Waals surface area contributed by atoms with E-state index in [4.69, 9.17) is 0 Å². The lowest BCUT2D eigenvalue weighted by atomic mass is 9.88. The molecule has 0 aromatic heterocycles. The largest absolute Gasteiger partial charge is 0.363 e. The maximum Gasteiger partial charge on any atom is 0.266 e. The fourth-order valence-corrected chi connectivity index (χ4v) is 4.33. The molecule has 1 aliphatic heterocycles. The van der Waals surface area contributed by atoms with Gasteiger partial charge in [-0.1, -0.05) is 18.2 Å². The van der Waals surface area contributed by atoms with Crippen molar-refractivity contribution < 1.29 is 4.79 Å². The second kappa shape index (κ2) is 8.20. The molecule has 4 heteroatoms. The highest BCUT2D eigenvalue weighted by Gasteiger charge is 2.30. The zero-order chi connectivity index (χ0) is 22.1. The highest BCUT2D eigenvalue weighted by molar-refractivity contribution is 6.09. The molecule has 0 saturated carbocycles. The summed E-state index contributed by atoms with van der Waals surface area (Å²) < 4.78 is 0. The van der Waals surface area contributed by atoms with E-state index in [-0.39, 0.29) is 11.1 Å². The van der Waals surface area contributed by atoms with Crippen molar-refractivity contribution in [2.24, 2.45) is 0 Å². The van der Waals surface area contributed by atoms with Crippen molar-refractivity contribution in [3.05, 3.63) is 70.3 Å². The van der Waals surface area contributed by atoms with Crippen molar-refractivity contribution >= 4 is 28.9 Å². The van der Waals surface area contributed by atoms with Crippen LogP contribution in [0, 0.1) is 25.2 Å². The number of nitrogens with zero attached hydrogens (tertiary/aromatic N) is 2. The van der Waals surface area contributed by atoms with Gasteiger partial charge in [-0.15, -0.1) is 0 Å². The van der Waals surface area contributed by atoms with E-state index >= 15 is 0 Å². The number of carbonyl (C=O) groups excluding carboxylic acids is 1. The van der Waals surface area contributed by atoms with Crippen molar-refractivity contribution in [3.63, 3.8) is 0 Å². The number of amides is 1. The Balaban J connectivity index is 1.93. The van der Waals surface area contributed by atoms with E-state index in [0.29, 0.717) is 5.69 Å². The van der Waals surface area contributed by atoms with E-state index in [2.05, 4.69) is 56.1 Å². The van der Waals surface area contributed by atoms with Crippen molar-refractivity contribution in [1.82, 2.24) is 0 Å². The number of hydrogen-bond donors (Lipinski definition) is 1. The van der Waals surface area contributed by atoms with Gasteiger partial charge in [0, 0.05) is 23.5 Å². The third-order valence-electron chi connectivity index (χ3n) is 5.47. The molecule has 0 fully saturated rings. The van der Waals surface area contributed by atoms with Crippen LogP contribution in [0.25, 0.3) is 11.6 Å². The molecule has 0 radical (unpaired) electrons. The fraction of sp³-hybridized carbons (Fsp3) is 0.308. The van der Waals surface area contributed by atoms with Crippen LogP contribution in [0.15, 0.2) is 48.0 Å². The maximum atomic E-state index is 12.7. The van der Waals surface area contributed by atoms with Crippen molar-refractivity contribution in [1.29, 1.82) is 5.26 Å². The lowest BCUT2D eigenvalue weighted by Crippen LogP contribution is -2.44. The topological polar surface area (TPSA) is 56.1 Å². The minimum atomic E-state index is -0.399. The van der Waals surface area contributed by atoms with Gasteiger partial charge >= 0.3 is 0 Å². The van der Waals surface area contributed by atoms with Gasteiger partial charge in [-0.2, -0.15) is 5.26 Å². The SMILES string of the molecule is CCN1c2ccc(/C=C(/C#N)C(=O)Nc3cc(C)cc(C)c3)cc2C(C)=CC1(C)C. The molecule has 1 N–H and O–H groups in total. The van der Waals surface area contributed by atoms with Gasteiger partial charge in [-0.3, -0.25) is 4.79 Å². The smallest absolute Gasteiger partial charge is 0.266 e. The summed E-state index contributed by atoms with van der Waals surface area (Å²) in [5.74, 6) is -0.399. The summed E-state index contributed by atoms with van der Waals surface area (Å²) in [6, 6.07) is 14.0. The average molecular weight is 400 g/mol. The number of hydrogen-bond acceptors (Lipinski definition) is 3. The van der Waals surface area contributed by atoms with Gasteiger partial charge in [0.1, 0.15) is 11.6 Å². The zero-order valence-corrected chi connectivity index (χ0v) is 18.6. The Bertz CT molecular complexity index is 1080. The van der Waals surface area contributed by atoms with Crippen LogP contribution in [0.5, 0.6) is 0 Å². The Kier molecular flexibility index (Phi) is 5.85. The van der Waals surface area contributed by atoms with Crippen LogP contribution < -0.4 is 10.2 Å². The van der Waals surface area contributed by atoms with E-state index in [1.807, 2.05) is 44.2 Å². The highest BCUT2D eigenvalue weighted by Crippen LogP contribution is 2.39. The predicted molar refractivity (Wildman–Crippen MR) is 125 cm³/mol. The molecule has 0 saturated heterocycles. The number of benzene rings is 2. The minimum absolute atomic E-state index is 0.0488. The summed E-state index contributed by atoms with van der Waals surface area (Å²) in [4.78, 5) is 15.0. The number of anilines is 2. The quantitative estimate of drug-likeness (QED) is 0.517. The molecule has 0 bridgehead atoms. The Hall–Kier alpha value is -3.32. The third kappa shape index (κ3) is 4.31. The van der Waals surface area contributed by atoms with Crippen LogP contribution >= 0.6 is 0 Å².